The van der Waals surface area contributed by atoms with Gasteiger partial charge < -0.3 is 5.73 Å². The number of aryl methyl sites for hydroxylation is 1. The Bertz CT molecular complexity index is 1840. The topological polar surface area (TPSA) is 27.6 Å². The monoisotopic (exact) mass is 711 g/mol. The number of hydrogen-bond donors (Lipinski definition) is 1. The van der Waals surface area contributed by atoms with Gasteiger partial charge in [0.2, 0.25) is 0 Å². The van der Waals surface area contributed by atoms with E-state index < -0.39 is 115 Å². The molecule has 0 fully saturated rings. The molecular weight excluding hydrogens is 694 g/mol. The highest BCUT2D eigenvalue weighted by molar-refractivity contribution is 7.20. The normalized spacial score (nSPS) is 11.5. The zero-order chi connectivity index (χ0) is 36.9. The summed E-state index contributed by atoms with van der Waals surface area (Å²) >= 11 is 0. The first-order valence-electron chi connectivity index (χ1n) is 13.5. The fourth-order valence-electron chi connectivity index (χ4n) is 5.49. The van der Waals surface area contributed by atoms with E-state index in [1.165, 1.54) is 11.1 Å². The van der Waals surface area contributed by atoms with Crippen LogP contribution in [0.5, 0.6) is 0 Å². The Kier molecular flexibility index (Phi) is 10.2. The lowest BCUT2D eigenvalue weighted by Crippen LogP contribution is -2.79. The summed E-state index contributed by atoms with van der Waals surface area (Å²) in [5, 5.41) is 0. The minimum absolute atomic E-state index is 0.397. The summed E-state index contributed by atoms with van der Waals surface area (Å²) in [6, 6.07) is 9.41. The summed E-state index contributed by atoms with van der Waals surface area (Å²) < 4.78 is 220. The predicted octanol–water partition coefficient (Wildman–Crippen LogP) is 6.33. The van der Waals surface area contributed by atoms with Crippen LogP contribution in [0.3, 0.4) is 0 Å². The minimum Gasteiger partial charge on any atom is -0.325 e. The van der Waals surface area contributed by atoms with E-state index in [1.807, 2.05) is 12.1 Å². The molecule has 5 rings (SSSR count). The van der Waals surface area contributed by atoms with Crippen LogP contribution in [-0.4, -0.2) is 6.15 Å². The van der Waals surface area contributed by atoms with E-state index in [0.717, 1.165) is 23.9 Å². The van der Waals surface area contributed by atoms with Gasteiger partial charge in [-0.15, -0.1) is 16.4 Å². The van der Waals surface area contributed by atoms with Gasteiger partial charge in [0.25, 0.3) is 0 Å². The van der Waals surface area contributed by atoms with Gasteiger partial charge in [-0.3, -0.25) is 0 Å². The van der Waals surface area contributed by atoms with Crippen LogP contribution in [0, 0.1) is 101 Å². The average Bonchev–Trinajstić information content (AvgIpc) is 3.09. The van der Waals surface area contributed by atoms with Crippen molar-refractivity contribution in [2.75, 3.05) is 0 Å². The van der Waals surface area contributed by atoms with Gasteiger partial charge in [-0.2, -0.15) is 5.46 Å². The molecule has 0 aliphatic carbocycles. The molecule has 0 aliphatic heterocycles. The molecule has 3 N–H and O–H groups in total. The van der Waals surface area contributed by atoms with Crippen LogP contribution in [-0.2, 0) is 0 Å². The Labute approximate surface area is 266 Å². The van der Waals surface area contributed by atoms with Gasteiger partial charge in [0.15, 0.2) is 52.4 Å². The Morgan fingerprint density at radius 2 is 0.653 bits per heavy atom. The lowest BCUT2D eigenvalue weighted by Gasteiger charge is -2.44. The van der Waals surface area contributed by atoms with Crippen molar-refractivity contribution < 1.29 is 71.6 Å². The number of hydrogen-bond acceptors (Lipinski definition) is 0. The summed E-state index contributed by atoms with van der Waals surface area (Å²) in [6.45, 7) is 4.20. The van der Waals surface area contributed by atoms with Crippen LogP contribution in [0.15, 0.2) is 48.5 Å². The first-order chi connectivity index (χ1) is 22.8. The molecule has 17 heteroatoms. The Balaban J connectivity index is 0.000000520. The molecule has 0 unspecified atom stereocenters. The van der Waals surface area contributed by atoms with Crippen molar-refractivity contribution in [2.45, 2.75) is 13.8 Å². The van der Waals surface area contributed by atoms with Crippen LogP contribution < -0.4 is 27.6 Å². The van der Waals surface area contributed by atoms with Gasteiger partial charge in [-0.1, -0.05) is 42.5 Å². The maximum atomic E-state index is 15.3. The minimum atomic E-state index is -5.72. The molecule has 0 radical (unpaired) electrons. The molecule has 0 saturated heterocycles. The molecule has 0 aliphatic rings. The molecular formula is C32H17BF15N. The quantitative estimate of drug-likeness (QED) is 0.0979. The van der Waals surface area contributed by atoms with E-state index in [4.69, 9.17) is 0 Å². The van der Waals surface area contributed by atoms with Gasteiger partial charge in [-0.05, 0) is 25.5 Å². The van der Waals surface area contributed by atoms with Gasteiger partial charge >= 0.3 is 0 Å². The molecule has 0 saturated carbocycles. The third-order valence-electron chi connectivity index (χ3n) is 8.05. The number of benzene rings is 5. The molecule has 5 aromatic rings. The molecule has 1 nitrogen and oxygen atoms in total. The van der Waals surface area contributed by atoms with Gasteiger partial charge in [0.05, 0.1) is 0 Å². The largest absolute Gasteiger partial charge is 0.325 e. The molecule has 0 amide bonds. The van der Waals surface area contributed by atoms with Crippen molar-refractivity contribution >= 4 is 33.7 Å². The van der Waals surface area contributed by atoms with Crippen molar-refractivity contribution in [3.63, 3.8) is 0 Å². The van der Waals surface area contributed by atoms with E-state index >= 15 is 26.3 Å². The second-order valence-corrected chi connectivity index (χ2v) is 10.6. The van der Waals surface area contributed by atoms with E-state index in [9.17, 15) is 39.5 Å². The maximum Gasteiger partial charge on any atom is 0.200 e. The summed E-state index contributed by atoms with van der Waals surface area (Å²) in [4.78, 5) is 0. The first kappa shape index (κ1) is 36.9. The van der Waals surface area contributed by atoms with Crippen LogP contribution in [0.25, 0.3) is 0 Å². The van der Waals surface area contributed by atoms with Gasteiger partial charge in [0, 0.05) is 5.56 Å². The SMILES string of the molecule is Cc1cccc([NH3+])c1C.Fc1c(F)c(F)c([B-](c2ccccc2)(c2c(F)c(F)c(F)c(F)c2F)c2c(F)c(F)c(F)c(F)c2F)c(F)c1F. The number of rotatable bonds is 4. The predicted molar refractivity (Wildman–Crippen MR) is 148 cm³/mol. The molecule has 0 bridgehead atoms. The summed E-state index contributed by atoms with van der Waals surface area (Å²) in [6.07, 6.45) is -5.72. The Hall–Kier alpha value is -4.93. The molecule has 0 atom stereocenters. The second kappa shape index (κ2) is 13.5. The molecule has 0 spiro atoms. The Morgan fingerprint density at radius 1 is 0.367 bits per heavy atom. The van der Waals surface area contributed by atoms with Crippen LogP contribution in [0.2, 0.25) is 0 Å². The molecule has 258 valence electrons. The highest BCUT2D eigenvalue weighted by Gasteiger charge is 2.48. The third-order valence-corrected chi connectivity index (χ3v) is 8.05. The summed E-state index contributed by atoms with van der Waals surface area (Å²) in [5.41, 5.74) is -1.77. The van der Waals surface area contributed by atoms with E-state index in [0.29, 0.717) is 12.1 Å². The lowest BCUT2D eigenvalue weighted by molar-refractivity contribution is -0.255. The molecule has 49 heavy (non-hydrogen) atoms. The zero-order valence-electron chi connectivity index (χ0n) is 24.6. The number of halogens is 15. The van der Waals surface area contributed by atoms with E-state index in [2.05, 4.69) is 25.6 Å². The second-order valence-electron chi connectivity index (χ2n) is 10.6. The first-order valence-corrected chi connectivity index (χ1v) is 13.5. The smallest absolute Gasteiger partial charge is 0.200 e. The van der Waals surface area contributed by atoms with Crippen molar-refractivity contribution in [2.24, 2.45) is 0 Å². The lowest BCUT2D eigenvalue weighted by atomic mass is 9.12. The highest BCUT2D eigenvalue weighted by atomic mass is 19.2. The van der Waals surface area contributed by atoms with Crippen LogP contribution >= 0.6 is 0 Å². The molecule has 0 aromatic heterocycles. The van der Waals surface area contributed by atoms with E-state index in [1.54, 1.807) is 0 Å². The van der Waals surface area contributed by atoms with E-state index in [-0.39, 0.29) is 0 Å². The van der Waals surface area contributed by atoms with Crippen LogP contribution in [0.4, 0.5) is 71.5 Å². The molecule has 5 aromatic carbocycles. The standard InChI is InChI=1S/C24H5BF15.C8H11N/c26-10-7(11(27)17(33)22(38)16(10)32)25(6-4-2-1-3-5-6,8-12(28)18(34)23(39)19(35)13(8)29)9-14(30)20(36)24(40)21(37)15(9)31;1-6-4-3-5-8(9)7(6)2/h1-5H;3-5H,9H2,1-2H3/q-1;/p+1. The molecule has 0 heterocycles. The van der Waals surface area contributed by atoms with Gasteiger partial charge in [-0.25, -0.2) is 65.9 Å². The highest BCUT2D eigenvalue weighted by Crippen LogP contribution is 2.28. The fourth-order valence-corrected chi connectivity index (χ4v) is 5.49. The van der Waals surface area contributed by atoms with Crippen molar-refractivity contribution in [1.82, 2.24) is 0 Å². The van der Waals surface area contributed by atoms with Crippen LogP contribution in [0.1, 0.15) is 11.1 Å². The Morgan fingerprint density at radius 3 is 0.918 bits per heavy atom. The zero-order valence-corrected chi connectivity index (χ0v) is 24.6. The fraction of sp³-hybridized carbons (Fsp3) is 0.0625. The van der Waals surface area contributed by atoms with Crippen molar-refractivity contribution in [3.8, 4) is 0 Å². The summed E-state index contributed by atoms with van der Waals surface area (Å²) in [7, 11) is 0. The third kappa shape index (κ3) is 5.68. The number of quaternary nitrogens is 1. The average molecular weight is 711 g/mol. The maximum absolute atomic E-state index is 15.3. The van der Waals surface area contributed by atoms with Crippen molar-refractivity contribution in [1.29, 1.82) is 0 Å². The summed E-state index contributed by atoms with van der Waals surface area (Å²) in [5.74, 6) is -45.5. The van der Waals surface area contributed by atoms with Gasteiger partial charge in [0.1, 0.15) is 46.7 Å². The van der Waals surface area contributed by atoms with Crippen molar-refractivity contribution in [3.05, 3.63) is 147 Å².